The van der Waals surface area contributed by atoms with Crippen molar-refractivity contribution in [2.75, 3.05) is 17.4 Å². The number of hydrogen-bond acceptors (Lipinski definition) is 4. The third-order valence-corrected chi connectivity index (χ3v) is 7.22. The number of likely N-dealkylation sites (tertiary alicyclic amines) is 1. The van der Waals surface area contributed by atoms with Crippen LogP contribution in [0.15, 0.2) is 53.4 Å². The Bertz CT molecular complexity index is 989. The molecule has 6 nitrogen and oxygen atoms in total. The van der Waals surface area contributed by atoms with E-state index in [0.29, 0.717) is 30.8 Å². The van der Waals surface area contributed by atoms with Crippen molar-refractivity contribution in [2.45, 2.75) is 36.7 Å². The average molecular weight is 385 g/mol. The van der Waals surface area contributed by atoms with Crippen LogP contribution in [-0.4, -0.2) is 44.4 Å². The summed E-state index contributed by atoms with van der Waals surface area (Å²) in [5, 5.41) is 0. The summed E-state index contributed by atoms with van der Waals surface area (Å²) in [5.74, 6) is -0.171. The van der Waals surface area contributed by atoms with E-state index in [1.165, 1.54) is 10.4 Å². The second-order valence-corrected chi connectivity index (χ2v) is 9.13. The molecular weight excluding hydrogens is 362 g/mol. The van der Waals surface area contributed by atoms with Crippen molar-refractivity contribution in [3.8, 4) is 0 Å². The molecule has 2 aliphatic heterocycles. The summed E-state index contributed by atoms with van der Waals surface area (Å²) in [6, 6.07) is 13.7. The number of benzene rings is 2. The number of fused-ring (bicyclic) bond motifs is 1. The first-order valence-corrected chi connectivity index (χ1v) is 10.6. The van der Waals surface area contributed by atoms with E-state index in [1.807, 2.05) is 31.2 Å². The lowest BCUT2D eigenvalue weighted by molar-refractivity contribution is 0.0790. The molecule has 2 aromatic carbocycles. The molecular formula is C20H23N3O3S. The molecule has 1 fully saturated rings. The summed E-state index contributed by atoms with van der Waals surface area (Å²) in [4.78, 5) is 14.5. The molecule has 7 heteroatoms. The van der Waals surface area contributed by atoms with Crippen LogP contribution < -0.4 is 10.0 Å². The molecule has 2 aliphatic rings. The van der Waals surface area contributed by atoms with E-state index in [-0.39, 0.29) is 22.9 Å². The lowest BCUT2D eigenvalue weighted by Gasteiger charge is -2.25. The minimum Gasteiger partial charge on any atom is -0.337 e. The Hall–Kier alpha value is -2.38. The number of nitrogens with zero attached hydrogens (tertiary/aromatic N) is 2. The highest BCUT2D eigenvalue weighted by Gasteiger charge is 2.36. The molecule has 2 atom stereocenters. The molecule has 0 aliphatic carbocycles. The van der Waals surface area contributed by atoms with Gasteiger partial charge in [-0.3, -0.25) is 9.10 Å². The summed E-state index contributed by atoms with van der Waals surface area (Å²) < 4.78 is 28.1. The molecule has 0 aromatic heterocycles. The maximum Gasteiger partial charge on any atom is 0.264 e. The van der Waals surface area contributed by atoms with Crippen LogP contribution in [0.1, 0.15) is 29.3 Å². The Kier molecular flexibility index (Phi) is 4.44. The monoisotopic (exact) mass is 385 g/mol. The zero-order valence-corrected chi connectivity index (χ0v) is 16.0. The van der Waals surface area contributed by atoms with Crippen molar-refractivity contribution in [1.82, 2.24) is 4.90 Å². The fraction of sp³-hybridized carbons (Fsp3) is 0.350. The van der Waals surface area contributed by atoms with Gasteiger partial charge in [0, 0.05) is 30.7 Å². The third kappa shape index (κ3) is 3.11. The van der Waals surface area contributed by atoms with Crippen LogP contribution >= 0.6 is 0 Å². The van der Waals surface area contributed by atoms with E-state index in [4.69, 9.17) is 5.73 Å². The molecule has 1 unspecified atom stereocenters. The summed E-state index contributed by atoms with van der Waals surface area (Å²) >= 11 is 0. The highest BCUT2D eigenvalue weighted by molar-refractivity contribution is 7.92. The number of para-hydroxylation sites is 1. The van der Waals surface area contributed by atoms with Crippen molar-refractivity contribution < 1.29 is 13.2 Å². The Morgan fingerprint density at radius 3 is 2.67 bits per heavy atom. The van der Waals surface area contributed by atoms with Gasteiger partial charge in [-0.2, -0.15) is 0 Å². The van der Waals surface area contributed by atoms with Gasteiger partial charge in [-0.05, 0) is 49.6 Å². The molecule has 2 N–H and O–H groups in total. The molecule has 27 heavy (non-hydrogen) atoms. The zero-order chi connectivity index (χ0) is 19.2. The number of rotatable bonds is 3. The number of carbonyl (C=O) groups excluding carboxylic acids is 1. The Morgan fingerprint density at radius 2 is 1.93 bits per heavy atom. The van der Waals surface area contributed by atoms with Crippen LogP contribution in [0.2, 0.25) is 0 Å². The highest BCUT2D eigenvalue weighted by Crippen LogP contribution is 2.36. The predicted octanol–water partition coefficient (Wildman–Crippen LogP) is 2.00. The lowest BCUT2D eigenvalue weighted by Crippen LogP contribution is -2.36. The molecule has 2 aromatic rings. The molecule has 142 valence electrons. The number of nitrogens with two attached hydrogens (primary N) is 1. The number of anilines is 1. The number of sulfonamides is 1. The SMILES string of the molecule is CC1Cc2ccccc2N1S(=O)(=O)c1cccc(C(=O)N2CC[C@@H](N)C2)c1. The molecule has 1 saturated heterocycles. The van der Waals surface area contributed by atoms with Crippen molar-refractivity contribution in [2.24, 2.45) is 5.73 Å². The van der Waals surface area contributed by atoms with Crippen molar-refractivity contribution in [3.05, 3.63) is 59.7 Å². The van der Waals surface area contributed by atoms with E-state index < -0.39 is 10.0 Å². The summed E-state index contributed by atoms with van der Waals surface area (Å²) in [6.45, 7) is 3.01. The molecule has 2 heterocycles. The van der Waals surface area contributed by atoms with E-state index in [2.05, 4.69) is 0 Å². The fourth-order valence-corrected chi connectivity index (χ4v) is 5.70. The van der Waals surface area contributed by atoms with Crippen LogP contribution in [0.5, 0.6) is 0 Å². The van der Waals surface area contributed by atoms with Gasteiger partial charge in [-0.15, -0.1) is 0 Å². The molecule has 0 saturated carbocycles. The minimum atomic E-state index is -3.75. The second-order valence-electron chi connectivity index (χ2n) is 7.31. The zero-order valence-electron chi connectivity index (χ0n) is 15.2. The quantitative estimate of drug-likeness (QED) is 0.876. The van der Waals surface area contributed by atoms with Crippen LogP contribution in [0.3, 0.4) is 0 Å². The first kappa shape index (κ1) is 18.0. The minimum absolute atomic E-state index is 0.0113. The van der Waals surface area contributed by atoms with Gasteiger partial charge >= 0.3 is 0 Å². The van der Waals surface area contributed by atoms with Gasteiger partial charge in [-0.25, -0.2) is 8.42 Å². The average Bonchev–Trinajstić information content (AvgIpc) is 3.23. The number of carbonyl (C=O) groups is 1. The second kappa shape index (κ2) is 6.65. The smallest absolute Gasteiger partial charge is 0.264 e. The van der Waals surface area contributed by atoms with Gasteiger partial charge in [-0.1, -0.05) is 24.3 Å². The topological polar surface area (TPSA) is 83.7 Å². The van der Waals surface area contributed by atoms with Crippen molar-refractivity contribution >= 4 is 21.6 Å². The van der Waals surface area contributed by atoms with Gasteiger partial charge in [0.15, 0.2) is 0 Å². The molecule has 0 spiro atoms. The lowest BCUT2D eigenvalue weighted by atomic mass is 10.1. The number of amides is 1. The molecule has 4 rings (SSSR count). The van der Waals surface area contributed by atoms with E-state index in [1.54, 1.807) is 23.1 Å². The predicted molar refractivity (Wildman–Crippen MR) is 104 cm³/mol. The maximum atomic E-state index is 13.3. The van der Waals surface area contributed by atoms with Gasteiger partial charge in [0.2, 0.25) is 0 Å². The van der Waals surface area contributed by atoms with E-state index in [9.17, 15) is 13.2 Å². The highest BCUT2D eigenvalue weighted by atomic mass is 32.2. The van der Waals surface area contributed by atoms with Gasteiger partial charge < -0.3 is 10.6 Å². The summed E-state index contributed by atoms with van der Waals surface area (Å²) in [6.07, 6.45) is 1.45. The number of hydrogen-bond donors (Lipinski definition) is 1. The van der Waals surface area contributed by atoms with Crippen LogP contribution in [0.4, 0.5) is 5.69 Å². The van der Waals surface area contributed by atoms with Gasteiger partial charge in [0.05, 0.1) is 10.6 Å². The molecule has 0 radical (unpaired) electrons. The Balaban J connectivity index is 1.68. The van der Waals surface area contributed by atoms with Gasteiger partial charge in [0.25, 0.3) is 15.9 Å². The maximum absolute atomic E-state index is 13.3. The third-order valence-electron chi connectivity index (χ3n) is 5.29. The molecule has 0 bridgehead atoms. The molecule has 1 amide bonds. The van der Waals surface area contributed by atoms with Gasteiger partial charge in [0.1, 0.15) is 0 Å². The largest absolute Gasteiger partial charge is 0.337 e. The van der Waals surface area contributed by atoms with Crippen LogP contribution in [0.25, 0.3) is 0 Å². The standard InChI is InChI=1S/C20H23N3O3S/c1-14-11-15-5-2-3-8-19(15)23(14)27(25,26)18-7-4-6-16(12-18)20(24)22-10-9-17(21)13-22/h2-8,12,14,17H,9-11,13,21H2,1H3/t14?,17-/m1/s1. The Morgan fingerprint density at radius 1 is 1.15 bits per heavy atom. The van der Waals surface area contributed by atoms with Crippen LogP contribution in [0, 0.1) is 0 Å². The van der Waals surface area contributed by atoms with Crippen molar-refractivity contribution in [3.63, 3.8) is 0 Å². The first-order valence-electron chi connectivity index (χ1n) is 9.15. The summed E-state index contributed by atoms with van der Waals surface area (Å²) in [5.41, 5.74) is 8.00. The van der Waals surface area contributed by atoms with E-state index >= 15 is 0 Å². The summed E-state index contributed by atoms with van der Waals surface area (Å²) in [7, 11) is -3.75. The fourth-order valence-electron chi connectivity index (χ4n) is 3.96. The van der Waals surface area contributed by atoms with Crippen molar-refractivity contribution in [1.29, 1.82) is 0 Å². The Labute approximate surface area is 159 Å². The normalized spacial score (nSPS) is 22.1. The van der Waals surface area contributed by atoms with Crippen LogP contribution in [-0.2, 0) is 16.4 Å². The van der Waals surface area contributed by atoms with E-state index in [0.717, 1.165) is 12.0 Å². The first-order chi connectivity index (χ1) is 12.9.